The summed E-state index contributed by atoms with van der Waals surface area (Å²) in [5.41, 5.74) is 1.49. The largest absolute Gasteiger partial charge is 0.346 e. The summed E-state index contributed by atoms with van der Waals surface area (Å²) in [4.78, 5) is 21.9. The van der Waals surface area contributed by atoms with Crippen LogP contribution >= 0.6 is 0 Å². The van der Waals surface area contributed by atoms with Gasteiger partial charge in [0.05, 0.1) is 6.42 Å². The Labute approximate surface area is 129 Å². The van der Waals surface area contributed by atoms with Crippen LogP contribution in [0.25, 0.3) is 0 Å². The predicted molar refractivity (Wildman–Crippen MR) is 82.0 cm³/mol. The lowest BCUT2D eigenvalue weighted by Crippen LogP contribution is -2.40. The first kappa shape index (κ1) is 14.8. The van der Waals surface area contributed by atoms with Gasteiger partial charge in [0, 0.05) is 30.9 Å². The number of amides is 1. The number of aryl methyl sites for hydroxylation is 1. The van der Waals surface area contributed by atoms with E-state index in [4.69, 9.17) is 0 Å². The highest BCUT2D eigenvalue weighted by atomic mass is 19.1. The smallest absolute Gasteiger partial charge is 0.227 e. The van der Waals surface area contributed by atoms with Crippen LogP contribution in [0.15, 0.2) is 30.5 Å². The molecule has 116 valence electrons. The Morgan fingerprint density at radius 2 is 2.27 bits per heavy atom. The quantitative estimate of drug-likeness (QED) is 0.947. The van der Waals surface area contributed by atoms with Gasteiger partial charge in [0.15, 0.2) is 0 Å². The summed E-state index contributed by atoms with van der Waals surface area (Å²) in [5.74, 6) is 0.858. The Kier molecular flexibility index (Phi) is 4.22. The molecule has 1 unspecified atom stereocenters. The fourth-order valence-electron chi connectivity index (χ4n) is 2.98. The Hall–Kier alpha value is -2.17. The van der Waals surface area contributed by atoms with Gasteiger partial charge in [-0.1, -0.05) is 18.2 Å². The van der Waals surface area contributed by atoms with E-state index in [1.165, 1.54) is 6.07 Å². The van der Waals surface area contributed by atoms with Crippen LogP contribution in [-0.4, -0.2) is 33.9 Å². The van der Waals surface area contributed by atoms with E-state index in [9.17, 15) is 9.18 Å². The maximum Gasteiger partial charge on any atom is 0.227 e. The highest BCUT2D eigenvalue weighted by Gasteiger charge is 2.26. The number of hydrogen-bond donors (Lipinski definition) is 1. The molecule has 3 rings (SSSR count). The van der Waals surface area contributed by atoms with Gasteiger partial charge in [-0.2, -0.15) is 0 Å². The molecule has 0 radical (unpaired) electrons. The van der Waals surface area contributed by atoms with E-state index in [0.29, 0.717) is 12.1 Å². The van der Waals surface area contributed by atoms with Gasteiger partial charge in [-0.25, -0.2) is 9.37 Å². The van der Waals surface area contributed by atoms with E-state index in [2.05, 4.69) is 9.97 Å². The molecule has 0 aliphatic carbocycles. The second-order valence-electron chi connectivity index (χ2n) is 5.90. The van der Waals surface area contributed by atoms with E-state index >= 15 is 0 Å². The van der Waals surface area contributed by atoms with Gasteiger partial charge in [-0.05, 0) is 31.4 Å². The summed E-state index contributed by atoms with van der Waals surface area (Å²) in [5, 5.41) is 0. The minimum atomic E-state index is -0.314. The van der Waals surface area contributed by atoms with Crippen LogP contribution in [0.2, 0.25) is 0 Å². The minimum absolute atomic E-state index is 0.0157. The van der Waals surface area contributed by atoms with Crippen molar-refractivity contribution in [3.8, 4) is 0 Å². The molecule has 4 nitrogen and oxygen atoms in total. The molecule has 1 N–H and O–H groups in total. The zero-order valence-electron chi connectivity index (χ0n) is 12.7. The Morgan fingerprint density at radius 3 is 3.00 bits per heavy atom. The molecular weight excluding hydrogens is 281 g/mol. The number of piperidine rings is 1. The molecule has 5 heteroatoms. The van der Waals surface area contributed by atoms with E-state index < -0.39 is 0 Å². The molecule has 0 bridgehead atoms. The highest BCUT2D eigenvalue weighted by molar-refractivity contribution is 5.79. The number of imidazole rings is 1. The number of H-pyrrole nitrogens is 1. The minimum Gasteiger partial charge on any atom is -0.346 e. The summed E-state index contributed by atoms with van der Waals surface area (Å²) in [6.45, 7) is 3.37. The van der Waals surface area contributed by atoms with Gasteiger partial charge in [0.2, 0.25) is 5.91 Å². The third-order valence-electron chi connectivity index (χ3n) is 4.18. The van der Waals surface area contributed by atoms with Crippen molar-refractivity contribution < 1.29 is 9.18 Å². The number of carbonyl (C=O) groups excluding carboxylic acids is 1. The first-order valence-electron chi connectivity index (χ1n) is 7.66. The molecule has 2 aromatic rings. The summed E-state index contributed by atoms with van der Waals surface area (Å²) in [7, 11) is 0. The van der Waals surface area contributed by atoms with Crippen LogP contribution in [0.3, 0.4) is 0 Å². The van der Waals surface area contributed by atoms with Gasteiger partial charge in [0.25, 0.3) is 0 Å². The number of nitrogens with zero attached hydrogens (tertiary/aromatic N) is 2. The Morgan fingerprint density at radius 1 is 1.45 bits per heavy atom. The van der Waals surface area contributed by atoms with Crippen molar-refractivity contribution in [1.29, 1.82) is 0 Å². The van der Waals surface area contributed by atoms with Crippen LogP contribution in [0.5, 0.6) is 0 Å². The summed E-state index contributed by atoms with van der Waals surface area (Å²) in [6, 6.07) is 6.47. The molecule has 1 aliphatic heterocycles. The van der Waals surface area contributed by atoms with Crippen molar-refractivity contribution >= 4 is 5.91 Å². The number of carbonyl (C=O) groups is 1. The average molecular weight is 301 g/mol. The average Bonchev–Trinajstić information content (AvgIpc) is 2.96. The van der Waals surface area contributed by atoms with Gasteiger partial charge in [-0.3, -0.25) is 4.79 Å². The van der Waals surface area contributed by atoms with Crippen LogP contribution in [0, 0.1) is 12.7 Å². The van der Waals surface area contributed by atoms with Crippen molar-refractivity contribution in [2.24, 2.45) is 0 Å². The maximum absolute atomic E-state index is 13.7. The SMILES string of the molecule is Cc1cnc(C2CCCN(C(=O)Cc3ccccc3F)C2)[nH]1. The number of aromatic nitrogens is 2. The fourth-order valence-corrected chi connectivity index (χ4v) is 2.98. The van der Waals surface area contributed by atoms with E-state index in [-0.39, 0.29) is 24.1 Å². The molecular formula is C17H20FN3O. The topological polar surface area (TPSA) is 49.0 Å². The molecule has 0 spiro atoms. The molecule has 2 heterocycles. The van der Waals surface area contributed by atoms with Gasteiger partial charge in [0.1, 0.15) is 11.6 Å². The maximum atomic E-state index is 13.7. The Bertz CT molecular complexity index is 667. The summed E-state index contributed by atoms with van der Waals surface area (Å²) >= 11 is 0. The van der Waals surface area contributed by atoms with Gasteiger partial charge < -0.3 is 9.88 Å². The van der Waals surface area contributed by atoms with Gasteiger partial charge >= 0.3 is 0 Å². The number of aromatic amines is 1. The first-order chi connectivity index (χ1) is 10.6. The molecule has 1 amide bonds. The monoisotopic (exact) mass is 301 g/mol. The second kappa shape index (κ2) is 6.30. The number of hydrogen-bond acceptors (Lipinski definition) is 2. The molecule has 1 aromatic carbocycles. The number of benzene rings is 1. The van der Waals surface area contributed by atoms with Crippen molar-refractivity contribution in [2.45, 2.75) is 32.1 Å². The standard InChI is InChI=1S/C17H20FN3O/c1-12-10-19-17(20-12)14-6-4-8-21(11-14)16(22)9-13-5-2-3-7-15(13)18/h2-3,5,7,10,14H,4,6,8-9,11H2,1H3,(H,19,20). The van der Waals surface area contributed by atoms with Crippen molar-refractivity contribution in [2.75, 3.05) is 13.1 Å². The highest BCUT2D eigenvalue weighted by Crippen LogP contribution is 2.25. The van der Waals surface area contributed by atoms with Crippen LogP contribution in [-0.2, 0) is 11.2 Å². The fraction of sp³-hybridized carbons (Fsp3) is 0.412. The molecule has 1 atom stereocenters. The van der Waals surface area contributed by atoms with E-state index in [1.807, 2.05) is 18.0 Å². The molecule has 22 heavy (non-hydrogen) atoms. The van der Waals surface area contributed by atoms with Crippen LogP contribution in [0.1, 0.15) is 35.8 Å². The lowest BCUT2D eigenvalue weighted by atomic mass is 9.96. The molecule has 1 saturated heterocycles. The lowest BCUT2D eigenvalue weighted by molar-refractivity contribution is -0.131. The molecule has 1 aromatic heterocycles. The van der Waals surface area contributed by atoms with Crippen LogP contribution < -0.4 is 0 Å². The zero-order valence-corrected chi connectivity index (χ0v) is 12.7. The van der Waals surface area contributed by atoms with E-state index in [0.717, 1.165) is 30.9 Å². The molecule has 1 aliphatic rings. The number of rotatable bonds is 3. The Balaban J connectivity index is 1.66. The van der Waals surface area contributed by atoms with Crippen LogP contribution in [0.4, 0.5) is 4.39 Å². The van der Waals surface area contributed by atoms with E-state index in [1.54, 1.807) is 18.2 Å². The second-order valence-corrected chi connectivity index (χ2v) is 5.90. The summed E-state index contributed by atoms with van der Waals surface area (Å²) in [6.07, 6.45) is 3.91. The number of nitrogens with one attached hydrogen (secondary N) is 1. The van der Waals surface area contributed by atoms with Crippen molar-refractivity contribution in [3.05, 3.63) is 53.4 Å². The third kappa shape index (κ3) is 3.18. The predicted octanol–water partition coefficient (Wildman–Crippen LogP) is 2.81. The van der Waals surface area contributed by atoms with Gasteiger partial charge in [-0.15, -0.1) is 0 Å². The van der Waals surface area contributed by atoms with Crippen molar-refractivity contribution in [1.82, 2.24) is 14.9 Å². The lowest BCUT2D eigenvalue weighted by Gasteiger charge is -2.32. The summed E-state index contributed by atoms with van der Waals surface area (Å²) < 4.78 is 13.7. The number of halogens is 1. The molecule has 0 saturated carbocycles. The van der Waals surface area contributed by atoms with Crippen molar-refractivity contribution in [3.63, 3.8) is 0 Å². The number of likely N-dealkylation sites (tertiary alicyclic amines) is 1. The normalized spacial score (nSPS) is 18.5. The zero-order chi connectivity index (χ0) is 15.5. The molecule has 1 fully saturated rings. The first-order valence-corrected chi connectivity index (χ1v) is 7.66. The third-order valence-corrected chi connectivity index (χ3v) is 4.18.